The van der Waals surface area contributed by atoms with E-state index in [1.807, 2.05) is 19.1 Å². The second-order valence-corrected chi connectivity index (χ2v) is 5.07. The lowest BCUT2D eigenvalue weighted by Gasteiger charge is -2.08. The molecule has 0 radical (unpaired) electrons. The fourth-order valence-corrected chi connectivity index (χ4v) is 1.94. The van der Waals surface area contributed by atoms with Crippen molar-refractivity contribution in [3.05, 3.63) is 59.2 Å². The minimum Gasteiger partial charge on any atom is -0.493 e. The maximum Gasteiger partial charge on any atom is 0.308 e. The number of carbonyl (C=O) groups excluding carboxylic acids is 2. The Labute approximate surface area is 140 Å². The molecule has 0 heterocycles. The summed E-state index contributed by atoms with van der Waals surface area (Å²) in [5, 5.41) is 3.92. The van der Waals surface area contributed by atoms with E-state index in [0.29, 0.717) is 22.6 Å². The number of hydrogen-bond acceptors (Lipinski definition) is 5. The van der Waals surface area contributed by atoms with Crippen LogP contribution < -0.4 is 14.9 Å². The molecule has 0 saturated carbocycles. The van der Waals surface area contributed by atoms with Gasteiger partial charge in [0.25, 0.3) is 5.91 Å². The van der Waals surface area contributed by atoms with Crippen LogP contribution in [0.4, 0.5) is 0 Å². The van der Waals surface area contributed by atoms with E-state index >= 15 is 0 Å². The Morgan fingerprint density at radius 1 is 1.08 bits per heavy atom. The molecule has 0 saturated heterocycles. The monoisotopic (exact) mass is 326 g/mol. The lowest BCUT2D eigenvalue weighted by atomic mass is 10.1. The Kier molecular flexibility index (Phi) is 5.68. The van der Waals surface area contributed by atoms with Crippen LogP contribution in [0.3, 0.4) is 0 Å². The van der Waals surface area contributed by atoms with Crippen molar-refractivity contribution in [3.8, 4) is 11.5 Å². The molecule has 0 bridgehead atoms. The normalized spacial score (nSPS) is 10.5. The summed E-state index contributed by atoms with van der Waals surface area (Å²) in [6.07, 6.45) is 1.48. The third-order valence-corrected chi connectivity index (χ3v) is 3.13. The Morgan fingerprint density at radius 3 is 2.42 bits per heavy atom. The van der Waals surface area contributed by atoms with Gasteiger partial charge in [-0.05, 0) is 42.8 Å². The maximum atomic E-state index is 11.9. The fourth-order valence-electron chi connectivity index (χ4n) is 1.94. The molecule has 0 aliphatic heterocycles. The highest BCUT2D eigenvalue weighted by atomic mass is 16.6. The number of esters is 1. The summed E-state index contributed by atoms with van der Waals surface area (Å²) in [6.45, 7) is 3.27. The van der Waals surface area contributed by atoms with Gasteiger partial charge in [0.1, 0.15) is 0 Å². The molecule has 2 rings (SSSR count). The van der Waals surface area contributed by atoms with Gasteiger partial charge in [0.05, 0.1) is 13.3 Å². The molecule has 1 amide bonds. The number of benzene rings is 2. The number of hydrazone groups is 1. The smallest absolute Gasteiger partial charge is 0.308 e. The van der Waals surface area contributed by atoms with Crippen LogP contribution in [-0.2, 0) is 4.79 Å². The van der Waals surface area contributed by atoms with Gasteiger partial charge in [-0.15, -0.1) is 0 Å². The van der Waals surface area contributed by atoms with Crippen LogP contribution in [0.1, 0.15) is 28.4 Å². The van der Waals surface area contributed by atoms with E-state index in [1.54, 1.807) is 30.3 Å². The van der Waals surface area contributed by atoms with E-state index in [4.69, 9.17) is 9.47 Å². The number of methoxy groups -OCH3 is 1. The van der Waals surface area contributed by atoms with E-state index in [1.165, 1.54) is 20.2 Å². The number of rotatable bonds is 5. The lowest BCUT2D eigenvalue weighted by Crippen LogP contribution is -2.17. The second-order valence-electron chi connectivity index (χ2n) is 5.07. The molecule has 0 aliphatic carbocycles. The van der Waals surface area contributed by atoms with Gasteiger partial charge in [0.2, 0.25) is 0 Å². The molecule has 2 aromatic rings. The summed E-state index contributed by atoms with van der Waals surface area (Å²) in [5.41, 5.74) is 4.75. The van der Waals surface area contributed by atoms with Gasteiger partial charge >= 0.3 is 5.97 Å². The minimum atomic E-state index is -0.430. The number of carbonyl (C=O) groups is 2. The van der Waals surface area contributed by atoms with Gasteiger partial charge in [-0.2, -0.15) is 5.10 Å². The third-order valence-electron chi connectivity index (χ3n) is 3.13. The van der Waals surface area contributed by atoms with Crippen molar-refractivity contribution >= 4 is 18.1 Å². The predicted octanol–water partition coefficient (Wildman–Crippen LogP) is 2.69. The van der Waals surface area contributed by atoms with Gasteiger partial charge in [-0.3, -0.25) is 9.59 Å². The number of hydrogen-bond donors (Lipinski definition) is 1. The highest BCUT2D eigenvalue weighted by molar-refractivity contribution is 5.95. The third kappa shape index (κ3) is 4.67. The molecule has 6 nitrogen and oxygen atoms in total. The number of nitrogens with one attached hydrogen (secondary N) is 1. The minimum absolute atomic E-state index is 0.297. The van der Waals surface area contributed by atoms with Crippen LogP contribution in [0.25, 0.3) is 0 Å². The molecule has 0 unspecified atom stereocenters. The second kappa shape index (κ2) is 7.92. The fraction of sp³-hybridized carbons (Fsp3) is 0.167. The van der Waals surface area contributed by atoms with Crippen molar-refractivity contribution in [1.82, 2.24) is 5.43 Å². The molecule has 0 atom stereocenters. The first kappa shape index (κ1) is 17.2. The molecular weight excluding hydrogens is 308 g/mol. The standard InChI is InChI=1S/C18H18N2O4/c1-12-4-7-15(8-5-12)18(22)20-19-11-14-6-9-16(24-13(2)21)17(10-14)23-3/h4-11H,1-3H3,(H,20,22). The summed E-state index contributed by atoms with van der Waals surface area (Å²) >= 11 is 0. The lowest BCUT2D eigenvalue weighted by molar-refractivity contribution is -0.132. The number of ether oxygens (including phenoxy) is 2. The largest absolute Gasteiger partial charge is 0.493 e. The summed E-state index contributed by atoms with van der Waals surface area (Å²) in [6, 6.07) is 12.1. The topological polar surface area (TPSA) is 77.0 Å². The van der Waals surface area contributed by atoms with E-state index in [2.05, 4.69) is 10.5 Å². The summed E-state index contributed by atoms with van der Waals surface area (Å²) in [4.78, 5) is 23.0. The zero-order chi connectivity index (χ0) is 17.5. The first-order chi connectivity index (χ1) is 11.5. The van der Waals surface area contributed by atoms with Crippen LogP contribution in [0.5, 0.6) is 11.5 Å². The van der Waals surface area contributed by atoms with E-state index < -0.39 is 5.97 Å². The van der Waals surface area contributed by atoms with Gasteiger partial charge in [0, 0.05) is 12.5 Å². The van der Waals surface area contributed by atoms with Crippen molar-refractivity contribution in [2.24, 2.45) is 5.10 Å². The molecule has 0 aromatic heterocycles. The number of amides is 1. The molecule has 0 fully saturated rings. The van der Waals surface area contributed by atoms with Crippen LogP contribution in [0, 0.1) is 6.92 Å². The van der Waals surface area contributed by atoms with Crippen LogP contribution in [0.2, 0.25) is 0 Å². The van der Waals surface area contributed by atoms with Crippen LogP contribution in [0.15, 0.2) is 47.6 Å². The summed E-state index contributed by atoms with van der Waals surface area (Å²) < 4.78 is 10.2. The highest BCUT2D eigenvalue weighted by Crippen LogP contribution is 2.27. The Bertz CT molecular complexity index is 767. The molecule has 1 N–H and O–H groups in total. The van der Waals surface area contributed by atoms with Crippen molar-refractivity contribution in [3.63, 3.8) is 0 Å². The Morgan fingerprint density at radius 2 is 1.79 bits per heavy atom. The van der Waals surface area contributed by atoms with Crippen molar-refractivity contribution < 1.29 is 19.1 Å². The Balaban J connectivity index is 2.04. The average molecular weight is 326 g/mol. The predicted molar refractivity (Wildman–Crippen MR) is 90.5 cm³/mol. The van der Waals surface area contributed by atoms with Crippen LogP contribution >= 0.6 is 0 Å². The highest BCUT2D eigenvalue weighted by Gasteiger charge is 2.07. The molecular formula is C18H18N2O4. The first-order valence-electron chi connectivity index (χ1n) is 7.26. The van der Waals surface area contributed by atoms with E-state index in [9.17, 15) is 9.59 Å². The zero-order valence-corrected chi connectivity index (χ0v) is 13.7. The van der Waals surface area contributed by atoms with E-state index in [-0.39, 0.29) is 5.91 Å². The van der Waals surface area contributed by atoms with Gasteiger partial charge < -0.3 is 9.47 Å². The number of aryl methyl sites for hydroxylation is 1. The van der Waals surface area contributed by atoms with Gasteiger partial charge in [0.15, 0.2) is 11.5 Å². The van der Waals surface area contributed by atoms with Crippen molar-refractivity contribution in [2.45, 2.75) is 13.8 Å². The van der Waals surface area contributed by atoms with Gasteiger partial charge in [-0.25, -0.2) is 5.43 Å². The number of nitrogens with zero attached hydrogens (tertiary/aromatic N) is 1. The quantitative estimate of drug-likeness (QED) is 0.397. The molecule has 0 spiro atoms. The summed E-state index contributed by atoms with van der Waals surface area (Å²) in [7, 11) is 1.47. The SMILES string of the molecule is COc1cc(C=NNC(=O)c2ccc(C)cc2)ccc1OC(C)=O. The zero-order valence-electron chi connectivity index (χ0n) is 13.7. The molecule has 24 heavy (non-hydrogen) atoms. The molecule has 6 heteroatoms. The van der Waals surface area contributed by atoms with Crippen molar-refractivity contribution in [2.75, 3.05) is 7.11 Å². The van der Waals surface area contributed by atoms with Gasteiger partial charge in [-0.1, -0.05) is 17.7 Å². The summed E-state index contributed by atoms with van der Waals surface area (Å²) in [5.74, 6) is -0.000298. The maximum absolute atomic E-state index is 11.9. The molecule has 124 valence electrons. The van der Waals surface area contributed by atoms with Crippen LogP contribution in [-0.4, -0.2) is 25.2 Å². The molecule has 2 aromatic carbocycles. The average Bonchev–Trinajstić information content (AvgIpc) is 2.56. The Hall–Kier alpha value is -3.15. The first-order valence-corrected chi connectivity index (χ1v) is 7.26. The van der Waals surface area contributed by atoms with Crippen molar-refractivity contribution in [1.29, 1.82) is 0 Å². The van der Waals surface area contributed by atoms with E-state index in [0.717, 1.165) is 5.56 Å². The molecule has 0 aliphatic rings.